The van der Waals surface area contributed by atoms with Crippen molar-refractivity contribution < 1.29 is 32.6 Å². The van der Waals surface area contributed by atoms with E-state index in [1.807, 2.05) is 6.92 Å². The summed E-state index contributed by atoms with van der Waals surface area (Å²) in [4.78, 5) is 23.6. The number of aryl methyl sites for hydroxylation is 1. The number of aromatic carboxylic acids is 1. The molecule has 1 amide bonds. The maximum Gasteiger partial charge on any atom is 0.416 e. The van der Waals surface area contributed by atoms with E-state index in [-0.39, 0.29) is 21.4 Å². The molecule has 9 heteroatoms. The van der Waals surface area contributed by atoms with Crippen molar-refractivity contribution in [3.8, 4) is 10.8 Å². The summed E-state index contributed by atoms with van der Waals surface area (Å²) in [5.41, 5.74) is 0.438. The van der Waals surface area contributed by atoms with Crippen LogP contribution in [0.2, 0.25) is 0 Å². The van der Waals surface area contributed by atoms with Gasteiger partial charge >= 0.3 is 12.1 Å². The number of carbonyl (C=O) groups is 2. The van der Waals surface area contributed by atoms with E-state index < -0.39 is 23.6 Å². The minimum atomic E-state index is -4.55. The van der Waals surface area contributed by atoms with E-state index in [0.717, 1.165) is 17.7 Å². The van der Waals surface area contributed by atoms with Gasteiger partial charge in [-0.25, -0.2) is 4.79 Å². The van der Waals surface area contributed by atoms with Crippen molar-refractivity contribution in [2.24, 2.45) is 0 Å². The molecule has 3 aromatic rings. The average Bonchev–Trinajstić information content (AvgIpc) is 3.04. The number of halogens is 3. The lowest BCUT2D eigenvalue weighted by Crippen LogP contribution is -2.11. The molecule has 0 fully saturated rings. The zero-order chi connectivity index (χ0) is 21.2. The number of carboxylic acids is 1. The van der Waals surface area contributed by atoms with Crippen LogP contribution in [0.4, 0.5) is 18.9 Å². The van der Waals surface area contributed by atoms with Gasteiger partial charge in [-0.15, -0.1) is 0 Å². The maximum absolute atomic E-state index is 12.9. The standard InChI is InChI=1S/C20H14F3NO4S/c1-11-5-7-12(8-6-11)17(25)24-15-10-16(18(26)27)29-19(15)28-14-4-2-3-13(9-14)20(21,22)23/h2-10H,1H3,(H,24,25)(H,26,27). The number of ether oxygens (including phenoxy) is 1. The number of hydrogen-bond acceptors (Lipinski definition) is 4. The zero-order valence-corrected chi connectivity index (χ0v) is 15.7. The van der Waals surface area contributed by atoms with Crippen LogP contribution in [0, 0.1) is 6.92 Å². The normalized spacial score (nSPS) is 11.2. The summed E-state index contributed by atoms with van der Waals surface area (Å²) >= 11 is 0.698. The molecule has 0 aliphatic carbocycles. The van der Waals surface area contributed by atoms with Gasteiger partial charge in [-0.3, -0.25) is 4.79 Å². The summed E-state index contributed by atoms with van der Waals surface area (Å²) in [7, 11) is 0. The summed E-state index contributed by atoms with van der Waals surface area (Å²) < 4.78 is 44.2. The molecule has 0 spiro atoms. The van der Waals surface area contributed by atoms with Crippen LogP contribution < -0.4 is 10.1 Å². The molecule has 29 heavy (non-hydrogen) atoms. The van der Waals surface area contributed by atoms with Crippen LogP contribution in [0.15, 0.2) is 54.6 Å². The highest BCUT2D eigenvalue weighted by atomic mass is 32.1. The number of alkyl halides is 3. The first-order valence-corrected chi connectivity index (χ1v) is 9.05. The van der Waals surface area contributed by atoms with Gasteiger partial charge in [0.15, 0.2) is 0 Å². The monoisotopic (exact) mass is 421 g/mol. The third-order valence-electron chi connectivity index (χ3n) is 3.84. The summed E-state index contributed by atoms with van der Waals surface area (Å²) in [6, 6.07) is 12.1. The Morgan fingerprint density at radius 2 is 1.76 bits per heavy atom. The van der Waals surface area contributed by atoms with Crippen LogP contribution in [0.3, 0.4) is 0 Å². The third kappa shape index (κ3) is 4.94. The van der Waals surface area contributed by atoms with E-state index in [0.29, 0.717) is 16.9 Å². The van der Waals surface area contributed by atoms with Gasteiger partial charge < -0.3 is 15.2 Å². The Balaban J connectivity index is 1.90. The molecule has 0 bridgehead atoms. The Kier molecular flexibility index (Phi) is 5.60. The van der Waals surface area contributed by atoms with Gasteiger partial charge in [0.05, 0.1) is 11.3 Å². The van der Waals surface area contributed by atoms with Gasteiger partial charge in [0.2, 0.25) is 5.06 Å². The fourth-order valence-corrected chi connectivity index (χ4v) is 3.21. The molecule has 0 aliphatic rings. The van der Waals surface area contributed by atoms with Crippen LogP contribution in [-0.2, 0) is 6.18 Å². The van der Waals surface area contributed by atoms with Gasteiger partial charge in [-0.1, -0.05) is 35.1 Å². The molecule has 1 aromatic heterocycles. The van der Waals surface area contributed by atoms with Crippen molar-refractivity contribution in [2.75, 3.05) is 5.32 Å². The van der Waals surface area contributed by atoms with E-state index in [2.05, 4.69) is 5.32 Å². The van der Waals surface area contributed by atoms with Crippen molar-refractivity contribution in [3.63, 3.8) is 0 Å². The Bertz CT molecular complexity index is 1060. The van der Waals surface area contributed by atoms with Crippen LogP contribution in [-0.4, -0.2) is 17.0 Å². The SMILES string of the molecule is Cc1ccc(C(=O)Nc2cc(C(=O)O)sc2Oc2cccc(C(F)(F)F)c2)cc1. The number of hydrogen-bond donors (Lipinski definition) is 2. The number of rotatable bonds is 5. The van der Waals surface area contributed by atoms with Gasteiger partial charge in [0.25, 0.3) is 5.91 Å². The molecule has 0 radical (unpaired) electrons. The quantitative estimate of drug-likeness (QED) is 0.545. The van der Waals surface area contributed by atoms with Crippen molar-refractivity contribution >= 4 is 28.9 Å². The zero-order valence-electron chi connectivity index (χ0n) is 14.9. The minimum absolute atomic E-state index is 0.0396. The van der Waals surface area contributed by atoms with Crippen molar-refractivity contribution in [1.82, 2.24) is 0 Å². The summed E-state index contributed by atoms with van der Waals surface area (Å²) in [6.07, 6.45) is -4.55. The average molecular weight is 421 g/mol. The molecule has 5 nitrogen and oxygen atoms in total. The fourth-order valence-electron chi connectivity index (χ4n) is 2.39. The lowest BCUT2D eigenvalue weighted by Gasteiger charge is -2.11. The summed E-state index contributed by atoms with van der Waals surface area (Å²) in [5.74, 6) is -1.89. The number of carbonyl (C=O) groups excluding carboxylic acids is 1. The number of thiophene rings is 1. The smallest absolute Gasteiger partial charge is 0.416 e. The largest absolute Gasteiger partial charge is 0.477 e. The lowest BCUT2D eigenvalue weighted by atomic mass is 10.1. The summed E-state index contributed by atoms with van der Waals surface area (Å²) in [5, 5.41) is 11.7. The molecule has 0 unspecified atom stereocenters. The van der Waals surface area contributed by atoms with Crippen LogP contribution >= 0.6 is 11.3 Å². The molecular weight excluding hydrogens is 407 g/mol. The van der Waals surface area contributed by atoms with E-state index in [9.17, 15) is 27.9 Å². The van der Waals surface area contributed by atoms with Gasteiger partial charge in [0, 0.05) is 5.56 Å². The minimum Gasteiger partial charge on any atom is -0.477 e. The van der Waals surface area contributed by atoms with Gasteiger partial charge in [0.1, 0.15) is 10.6 Å². The molecule has 0 saturated heterocycles. The summed E-state index contributed by atoms with van der Waals surface area (Å²) in [6.45, 7) is 1.86. The number of nitrogens with one attached hydrogen (secondary N) is 1. The number of benzene rings is 2. The van der Waals surface area contributed by atoms with Gasteiger partial charge in [-0.2, -0.15) is 13.2 Å². The number of carboxylic acid groups (broad SMARTS) is 1. The first kappa shape index (κ1) is 20.4. The second-order valence-electron chi connectivity index (χ2n) is 6.06. The van der Waals surface area contributed by atoms with Crippen molar-refractivity contribution in [1.29, 1.82) is 0 Å². The predicted octanol–water partition coefficient (Wildman–Crippen LogP) is 5.82. The number of anilines is 1. The molecule has 0 atom stereocenters. The first-order chi connectivity index (χ1) is 13.6. The molecule has 1 heterocycles. The highest BCUT2D eigenvalue weighted by Crippen LogP contribution is 2.40. The molecule has 150 valence electrons. The Labute approximate surface area is 167 Å². The molecule has 2 aromatic carbocycles. The van der Waals surface area contributed by atoms with E-state index in [1.165, 1.54) is 18.2 Å². The Hall–Kier alpha value is -3.33. The maximum atomic E-state index is 12.9. The number of amides is 1. The molecular formula is C20H14F3NO4S. The fraction of sp³-hybridized carbons (Fsp3) is 0.100. The lowest BCUT2D eigenvalue weighted by molar-refractivity contribution is -0.137. The molecule has 3 rings (SSSR count). The predicted molar refractivity (Wildman–Crippen MR) is 102 cm³/mol. The van der Waals surface area contributed by atoms with E-state index in [4.69, 9.17) is 4.74 Å². The molecule has 2 N–H and O–H groups in total. The topological polar surface area (TPSA) is 75.6 Å². The van der Waals surface area contributed by atoms with E-state index >= 15 is 0 Å². The molecule has 0 saturated carbocycles. The Morgan fingerprint density at radius 1 is 1.07 bits per heavy atom. The Morgan fingerprint density at radius 3 is 2.38 bits per heavy atom. The second kappa shape index (κ2) is 7.96. The van der Waals surface area contributed by atoms with Crippen molar-refractivity contribution in [3.05, 3.63) is 76.2 Å². The highest BCUT2D eigenvalue weighted by Gasteiger charge is 2.31. The van der Waals surface area contributed by atoms with Gasteiger partial charge in [-0.05, 0) is 43.3 Å². The van der Waals surface area contributed by atoms with Crippen LogP contribution in [0.25, 0.3) is 0 Å². The van der Waals surface area contributed by atoms with Crippen LogP contribution in [0.5, 0.6) is 10.8 Å². The third-order valence-corrected chi connectivity index (χ3v) is 4.84. The van der Waals surface area contributed by atoms with E-state index in [1.54, 1.807) is 24.3 Å². The van der Waals surface area contributed by atoms with Crippen LogP contribution in [0.1, 0.15) is 31.2 Å². The molecule has 0 aliphatic heterocycles. The highest BCUT2D eigenvalue weighted by molar-refractivity contribution is 7.16. The first-order valence-electron chi connectivity index (χ1n) is 8.24. The van der Waals surface area contributed by atoms with Crippen molar-refractivity contribution in [2.45, 2.75) is 13.1 Å². The second-order valence-corrected chi connectivity index (χ2v) is 7.08.